The van der Waals surface area contributed by atoms with E-state index >= 15 is 0 Å². The lowest BCUT2D eigenvalue weighted by atomic mass is 10.1. The minimum Gasteiger partial charge on any atom is -0.481 e. The van der Waals surface area contributed by atoms with Gasteiger partial charge in [0.2, 0.25) is 5.88 Å². The zero-order chi connectivity index (χ0) is 15.4. The van der Waals surface area contributed by atoms with Gasteiger partial charge in [-0.25, -0.2) is 4.98 Å². The third-order valence-electron chi connectivity index (χ3n) is 3.34. The van der Waals surface area contributed by atoms with Crippen LogP contribution in [0.25, 0.3) is 10.9 Å². The lowest BCUT2D eigenvalue weighted by molar-refractivity contribution is 0.0952. The van der Waals surface area contributed by atoms with Crippen LogP contribution in [0.2, 0.25) is 0 Å². The predicted octanol–water partition coefficient (Wildman–Crippen LogP) is 2.57. The highest BCUT2D eigenvalue weighted by Gasteiger charge is 2.10. The molecule has 0 aliphatic rings. The number of para-hydroxylation sites is 1. The molecule has 5 heteroatoms. The van der Waals surface area contributed by atoms with Crippen molar-refractivity contribution in [3.8, 4) is 5.88 Å². The highest BCUT2D eigenvalue weighted by atomic mass is 16.5. The second-order valence-corrected chi connectivity index (χ2v) is 4.77. The highest BCUT2D eigenvalue weighted by Crippen LogP contribution is 2.16. The Labute approximate surface area is 128 Å². The van der Waals surface area contributed by atoms with Gasteiger partial charge in [-0.15, -0.1) is 0 Å². The van der Waals surface area contributed by atoms with E-state index in [-0.39, 0.29) is 5.91 Å². The zero-order valence-corrected chi connectivity index (χ0v) is 12.1. The van der Waals surface area contributed by atoms with E-state index in [9.17, 15) is 4.79 Å². The molecule has 110 valence electrons. The standard InChI is InChI=1S/C17H15N3O2/c1-22-15-8-7-12(10-19-15)11-20-17(21)14-6-2-4-13-5-3-9-18-16(13)14/h2-10H,11H2,1H3,(H,20,21). The maximum absolute atomic E-state index is 12.4. The van der Waals surface area contributed by atoms with Crippen molar-refractivity contribution in [1.29, 1.82) is 0 Å². The van der Waals surface area contributed by atoms with E-state index in [1.54, 1.807) is 31.6 Å². The average Bonchev–Trinajstić information content (AvgIpc) is 2.59. The van der Waals surface area contributed by atoms with Crippen molar-refractivity contribution in [2.45, 2.75) is 6.54 Å². The molecule has 0 bridgehead atoms. The van der Waals surface area contributed by atoms with Gasteiger partial charge < -0.3 is 10.1 Å². The number of amides is 1. The molecule has 5 nitrogen and oxygen atoms in total. The second kappa shape index (κ2) is 6.22. The fourth-order valence-corrected chi connectivity index (χ4v) is 2.20. The Morgan fingerprint density at radius 1 is 1.14 bits per heavy atom. The Balaban J connectivity index is 1.75. The third-order valence-corrected chi connectivity index (χ3v) is 3.34. The van der Waals surface area contributed by atoms with Gasteiger partial charge in [-0.2, -0.15) is 0 Å². The number of methoxy groups -OCH3 is 1. The summed E-state index contributed by atoms with van der Waals surface area (Å²) in [7, 11) is 1.57. The summed E-state index contributed by atoms with van der Waals surface area (Å²) in [6, 6.07) is 13.0. The topological polar surface area (TPSA) is 64.1 Å². The van der Waals surface area contributed by atoms with E-state index in [0.717, 1.165) is 10.9 Å². The summed E-state index contributed by atoms with van der Waals surface area (Å²) in [5.41, 5.74) is 2.18. The Morgan fingerprint density at radius 2 is 2.00 bits per heavy atom. The molecule has 0 saturated heterocycles. The van der Waals surface area contributed by atoms with Crippen LogP contribution in [0.3, 0.4) is 0 Å². The van der Waals surface area contributed by atoms with Crippen LogP contribution in [0.5, 0.6) is 5.88 Å². The first-order valence-electron chi connectivity index (χ1n) is 6.89. The van der Waals surface area contributed by atoms with Crippen LogP contribution >= 0.6 is 0 Å². The SMILES string of the molecule is COc1ccc(CNC(=O)c2cccc3cccnc23)cn1. The molecule has 3 aromatic rings. The third kappa shape index (κ3) is 2.88. The minimum absolute atomic E-state index is 0.153. The van der Waals surface area contributed by atoms with Crippen molar-refractivity contribution in [3.05, 3.63) is 66.0 Å². The molecular weight excluding hydrogens is 278 g/mol. The number of nitrogens with zero attached hydrogens (tertiary/aromatic N) is 2. The van der Waals surface area contributed by atoms with Gasteiger partial charge in [-0.3, -0.25) is 9.78 Å². The molecule has 2 heterocycles. The molecule has 1 amide bonds. The fraction of sp³-hybridized carbons (Fsp3) is 0.118. The number of pyridine rings is 2. The van der Waals surface area contributed by atoms with Crippen LogP contribution in [-0.4, -0.2) is 23.0 Å². The van der Waals surface area contributed by atoms with Crippen molar-refractivity contribution in [1.82, 2.24) is 15.3 Å². The van der Waals surface area contributed by atoms with Gasteiger partial charge in [0.1, 0.15) is 0 Å². The first kappa shape index (κ1) is 14.0. The molecule has 0 unspecified atom stereocenters. The molecule has 0 aliphatic carbocycles. The number of fused-ring (bicyclic) bond motifs is 1. The van der Waals surface area contributed by atoms with Gasteiger partial charge in [0, 0.05) is 30.4 Å². The van der Waals surface area contributed by atoms with Gasteiger partial charge in [0.05, 0.1) is 18.2 Å². The van der Waals surface area contributed by atoms with Crippen molar-refractivity contribution in [3.63, 3.8) is 0 Å². The first-order chi connectivity index (χ1) is 10.8. The Morgan fingerprint density at radius 3 is 2.77 bits per heavy atom. The molecule has 22 heavy (non-hydrogen) atoms. The van der Waals surface area contributed by atoms with E-state index in [2.05, 4.69) is 15.3 Å². The van der Waals surface area contributed by atoms with E-state index in [1.165, 1.54) is 0 Å². The molecule has 1 N–H and O–H groups in total. The molecular formula is C17H15N3O2. The number of carbonyl (C=O) groups excluding carboxylic acids is 1. The number of aromatic nitrogens is 2. The van der Waals surface area contributed by atoms with Gasteiger partial charge >= 0.3 is 0 Å². The molecule has 0 spiro atoms. The summed E-state index contributed by atoms with van der Waals surface area (Å²) in [5.74, 6) is 0.397. The molecule has 0 fully saturated rings. The van der Waals surface area contributed by atoms with Crippen LogP contribution in [0.1, 0.15) is 15.9 Å². The summed E-state index contributed by atoms with van der Waals surface area (Å²) < 4.78 is 5.01. The molecule has 2 aromatic heterocycles. The molecule has 0 radical (unpaired) electrons. The molecule has 0 saturated carbocycles. The Hall–Kier alpha value is -2.95. The first-order valence-corrected chi connectivity index (χ1v) is 6.89. The summed E-state index contributed by atoms with van der Waals surface area (Å²) in [6.45, 7) is 0.402. The molecule has 3 rings (SSSR count). The van der Waals surface area contributed by atoms with Gasteiger partial charge in [0.25, 0.3) is 5.91 Å². The van der Waals surface area contributed by atoms with Crippen molar-refractivity contribution in [2.75, 3.05) is 7.11 Å². The smallest absolute Gasteiger partial charge is 0.253 e. The Bertz CT molecular complexity index is 795. The van der Waals surface area contributed by atoms with Crippen LogP contribution < -0.4 is 10.1 Å². The van der Waals surface area contributed by atoms with Gasteiger partial charge in [-0.1, -0.05) is 24.3 Å². The number of hydrogen-bond donors (Lipinski definition) is 1. The van der Waals surface area contributed by atoms with Crippen molar-refractivity contribution >= 4 is 16.8 Å². The lowest BCUT2D eigenvalue weighted by Crippen LogP contribution is -2.23. The van der Waals surface area contributed by atoms with E-state index in [0.29, 0.717) is 23.5 Å². The largest absolute Gasteiger partial charge is 0.481 e. The molecule has 1 aromatic carbocycles. The maximum Gasteiger partial charge on any atom is 0.253 e. The normalized spacial score (nSPS) is 10.4. The van der Waals surface area contributed by atoms with Crippen LogP contribution in [0.15, 0.2) is 54.9 Å². The monoisotopic (exact) mass is 293 g/mol. The van der Waals surface area contributed by atoms with E-state index in [4.69, 9.17) is 4.74 Å². The second-order valence-electron chi connectivity index (χ2n) is 4.77. The highest BCUT2D eigenvalue weighted by molar-refractivity contribution is 6.05. The molecule has 0 aliphatic heterocycles. The minimum atomic E-state index is -0.153. The maximum atomic E-state index is 12.4. The van der Waals surface area contributed by atoms with Crippen LogP contribution in [0, 0.1) is 0 Å². The lowest BCUT2D eigenvalue weighted by Gasteiger charge is -2.08. The summed E-state index contributed by atoms with van der Waals surface area (Å²) >= 11 is 0. The van der Waals surface area contributed by atoms with Gasteiger partial charge in [-0.05, 0) is 17.7 Å². The van der Waals surface area contributed by atoms with Crippen LogP contribution in [-0.2, 0) is 6.54 Å². The van der Waals surface area contributed by atoms with E-state index in [1.807, 2.05) is 30.3 Å². The quantitative estimate of drug-likeness (QED) is 0.803. The average molecular weight is 293 g/mol. The number of benzene rings is 1. The summed E-state index contributed by atoms with van der Waals surface area (Å²) in [4.78, 5) is 20.8. The summed E-state index contributed by atoms with van der Waals surface area (Å²) in [5, 5.41) is 3.83. The van der Waals surface area contributed by atoms with E-state index < -0.39 is 0 Å². The van der Waals surface area contributed by atoms with Gasteiger partial charge in [0.15, 0.2) is 0 Å². The zero-order valence-electron chi connectivity index (χ0n) is 12.1. The number of ether oxygens (including phenoxy) is 1. The number of nitrogens with one attached hydrogen (secondary N) is 1. The number of hydrogen-bond acceptors (Lipinski definition) is 4. The predicted molar refractivity (Wildman–Crippen MR) is 83.7 cm³/mol. The number of rotatable bonds is 4. The summed E-state index contributed by atoms with van der Waals surface area (Å²) in [6.07, 6.45) is 3.37. The van der Waals surface area contributed by atoms with Crippen molar-refractivity contribution < 1.29 is 9.53 Å². The Kier molecular flexibility index (Phi) is 3.96. The van der Waals surface area contributed by atoms with Crippen LogP contribution in [0.4, 0.5) is 0 Å². The number of carbonyl (C=O) groups is 1. The fourth-order valence-electron chi connectivity index (χ4n) is 2.20. The molecule has 0 atom stereocenters. The van der Waals surface area contributed by atoms with Crippen molar-refractivity contribution in [2.24, 2.45) is 0 Å².